The maximum atomic E-state index is 13.3. The first-order valence-electron chi connectivity index (χ1n) is 11.8. The molecule has 3 aromatic rings. The molecule has 1 aliphatic heterocycles. The average Bonchev–Trinajstić information content (AvgIpc) is 3.33. The molecule has 0 bridgehead atoms. The zero-order valence-electron chi connectivity index (χ0n) is 20.5. The summed E-state index contributed by atoms with van der Waals surface area (Å²) in [6, 6.07) is 10.1. The molecule has 0 spiro atoms. The van der Waals surface area contributed by atoms with Crippen molar-refractivity contribution >= 4 is 35.0 Å². The Balaban J connectivity index is 1.51. The van der Waals surface area contributed by atoms with Crippen molar-refractivity contribution in [3.8, 4) is 0 Å². The number of aromatic nitrogens is 1. The Morgan fingerprint density at radius 1 is 1.00 bits per heavy atom. The van der Waals surface area contributed by atoms with Gasteiger partial charge in [0.25, 0.3) is 5.91 Å². The minimum absolute atomic E-state index is 0.0394. The SMILES string of the molecule is CC(=O)N1CCN(C(=O)c2coc(CN(Cc3cccc(C(F)(F)F)c3)Cc3ccc(Cl)cc3Cl)n2)CC1. The van der Waals surface area contributed by atoms with Crippen molar-refractivity contribution < 1.29 is 27.2 Å². The summed E-state index contributed by atoms with van der Waals surface area (Å²) < 4.78 is 45.3. The van der Waals surface area contributed by atoms with Gasteiger partial charge >= 0.3 is 6.18 Å². The number of benzene rings is 2. The molecule has 0 unspecified atom stereocenters. The summed E-state index contributed by atoms with van der Waals surface area (Å²) >= 11 is 12.4. The van der Waals surface area contributed by atoms with E-state index < -0.39 is 11.7 Å². The average molecular weight is 569 g/mol. The fourth-order valence-electron chi connectivity index (χ4n) is 4.22. The van der Waals surface area contributed by atoms with E-state index in [2.05, 4.69) is 4.98 Å². The van der Waals surface area contributed by atoms with Crippen LogP contribution in [0.25, 0.3) is 0 Å². The first-order chi connectivity index (χ1) is 18.0. The third-order valence-electron chi connectivity index (χ3n) is 6.21. The number of amides is 2. The molecule has 38 heavy (non-hydrogen) atoms. The molecule has 7 nitrogen and oxygen atoms in total. The molecule has 0 saturated carbocycles. The molecule has 0 radical (unpaired) electrons. The van der Waals surface area contributed by atoms with Crippen LogP contribution in [0.2, 0.25) is 10.0 Å². The van der Waals surface area contributed by atoms with Gasteiger partial charge in [-0.2, -0.15) is 13.2 Å². The molecule has 1 fully saturated rings. The quantitative estimate of drug-likeness (QED) is 0.376. The summed E-state index contributed by atoms with van der Waals surface area (Å²) in [4.78, 5) is 33.9. The second-order valence-electron chi connectivity index (χ2n) is 9.00. The second kappa shape index (κ2) is 11.8. The van der Waals surface area contributed by atoms with Crippen LogP contribution in [0.4, 0.5) is 13.2 Å². The van der Waals surface area contributed by atoms with E-state index in [1.54, 1.807) is 34.1 Å². The number of piperazine rings is 1. The number of carbonyl (C=O) groups excluding carboxylic acids is 2. The molecule has 2 aromatic carbocycles. The van der Waals surface area contributed by atoms with Crippen LogP contribution in [0.5, 0.6) is 0 Å². The highest BCUT2D eigenvalue weighted by Gasteiger charge is 2.30. The normalized spacial score (nSPS) is 14.3. The van der Waals surface area contributed by atoms with Gasteiger partial charge in [0.05, 0.1) is 12.1 Å². The topological polar surface area (TPSA) is 69.9 Å². The lowest BCUT2D eigenvalue weighted by Crippen LogP contribution is -2.50. The van der Waals surface area contributed by atoms with Crippen molar-refractivity contribution in [2.45, 2.75) is 32.7 Å². The largest absolute Gasteiger partial charge is 0.447 e. The minimum atomic E-state index is -4.46. The number of alkyl halides is 3. The molecule has 0 N–H and O–H groups in total. The smallest absolute Gasteiger partial charge is 0.416 e. The van der Waals surface area contributed by atoms with Crippen LogP contribution in [0, 0.1) is 0 Å². The van der Waals surface area contributed by atoms with E-state index in [-0.39, 0.29) is 43.0 Å². The molecule has 0 atom stereocenters. The third-order valence-corrected chi connectivity index (χ3v) is 6.80. The number of nitrogens with zero attached hydrogens (tertiary/aromatic N) is 4. The van der Waals surface area contributed by atoms with E-state index in [9.17, 15) is 22.8 Å². The summed E-state index contributed by atoms with van der Waals surface area (Å²) in [5.74, 6) is -0.122. The molecular weight excluding hydrogens is 544 g/mol. The van der Waals surface area contributed by atoms with E-state index in [1.807, 2.05) is 4.90 Å². The standard InChI is InChI=1S/C26H25Cl2F3N4O3/c1-17(36)34-7-9-35(10-8-34)25(37)23-16-38-24(32-23)15-33(14-19-5-6-21(27)12-22(19)28)13-18-3-2-4-20(11-18)26(29,30)31/h2-6,11-12,16H,7-10,13-15H2,1H3. The summed E-state index contributed by atoms with van der Waals surface area (Å²) in [5, 5.41) is 0.877. The number of hydrogen-bond donors (Lipinski definition) is 0. The van der Waals surface area contributed by atoms with E-state index in [1.165, 1.54) is 19.3 Å². The Hall–Kier alpha value is -3.08. The van der Waals surface area contributed by atoms with Gasteiger partial charge in [-0.3, -0.25) is 14.5 Å². The van der Waals surface area contributed by atoms with E-state index >= 15 is 0 Å². The number of carbonyl (C=O) groups is 2. The Morgan fingerprint density at radius 3 is 2.37 bits per heavy atom. The highest BCUT2D eigenvalue weighted by molar-refractivity contribution is 6.35. The molecule has 2 amide bonds. The molecule has 1 aromatic heterocycles. The van der Waals surface area contributed by atoms with Gasteiger partial charge in [0.15, 0.2) is 5.69 Å². The fourth-order valence-corrected chi connectivity index (χ4v) is 4.69. The zero-order valence-corrected chi connectivity index (χ0v) is 22.0. The monoisotopic (exact) mass is 568 g/mol. The highest BCUT2D eigenvalue weighted by Crippen LogP contribution is 2.30. The van der Waals surface area contributed by atoms with Crippen LogP contribution < -0.4 is 0 Å². The molecular formula is C26H25Cl2F3N4O3. The van der Waals surface area contributed by atoms with Crippen LogP contribution >= 0.6 is 23.2 Å². The highest BCUT2D eigenvalue weighted by atomic mass is 35.5. The van der Waals surface area contributed by atoms with E-state index in [4.69, 9.17) is 27.6 Å². The Bertz CT molecular complexity index is 1310. The summed E-state index contributed by atoms with van der Waals surface area (Å²) in [6.45, 7) is 3.67. The Morgan fingerprint density at radius 2 is 1.71 bits per heavy atom. The van der Waals surface area contributed by atoms with Crippen LogP contribution in [-0.2, 0) is 30.6 Å². The number of halogens is 5. The Labute approximate surface area is 227 Å². The molecule has 2 heterocycles. The Kier molecular flexibility index (Phi) is 8.64. The summed E-state index contributed by atoms with van der Waals surface area (Å²) in [5.41, 5.74) is 0.540. The predicted octanol–water partition coefficient (Wildman–Crippen LogP) is 5.51. The summed E-state index contributed by atoms with van der Waals surface area (Å²) in [6.07, 6.45) is -3.19. The van der Waals surface area contributed by atoms with E-state index in [0.717, 1.165) is 12.1 Å². The third kappa shape index (κ3) is 7.06. The van der Waals surface area contributed by atoms with E-state index in [0.29, 0.717) is 47.4 Å². The van der Waals surface area contributed by atoms with Crippen molar-refractivity contribution in [3.63, 3.8) is 0 Å². The van der Waals surface area contributed by atoms with Gasteiger partial charge < -0.3 is 14.2 Å². The van der Waals surface area contributed by atoms with Crippen LogP contribution in [0.15, 0.2) is 53.1 Å². The van der Waals surface area contributed by atoms with Crippen molar-refractivity contribution in [2.75, 3.05) is 26.2 Å². The van der Waals surface area contributed by atoms with Gasteiger partial charge in [-0.05, 0) is 29.3 Å². The number of rotatable bonds is 7. The predicted molar refractivity (Wildman–Crippen MR) is 136 cm³/mol. The molecule has 12 heteroatoms. The minimum Gasteiger partial charge on any atom is -0.447 e. The van der Waals surface area contributed by atoms with Gasteiger partial charge in [-0.25, -0.2) is 4.98 Å². The first-order valence-corrected chi connectivity index (χ1v) is 12.6. The van der Waals surface area contributed by atoms with Gasteiger partial charge in [-0.15, -0.1) is 0 Å². The van der Waals surface area contributed by atoms with Gasteiger partial charge in [0.2, 0.25) is 11.8 Å². The number of hydrogen-bond acceptors (Lipinski definition) is 5. The molecule has 0 aliphatic carbocycles. The second-order valence-corrected chi connectivity index (χ2v) is 9.85. The molecule has 202 valence electrons. The van der Waals surface area contributed by atoms with Crippen LogP contribution in [0.1, 0.15) is 40.0 Å². The van der Waals surface area contributed by atoms with Crippen LogP contribution in [0.3, 0.4) is 0 Å². The molecule has 4 rings (SSSR count). The molecule has 1 aliphatic rings. The van der Waals surface area contributed by atoms with Crippen molar-refractivity contribution in [3.05, 3.63) is 87.0 Å². The lowest BCUT2D eigenvalue weighted by molar-refractivity contribution is -0.137. The maximum absolute atomic E-state index is 13.3. The van der Waals surface area contributed by atoms with Gasteiger partial charge in [-0.1, -0.05) is 47.5 Å². The van der Waals surface area contributed by atoms with Crippen molar-refractivity contribution in [1.29, 1.82) is 0 Å². The fraction of sp³-hybridized carbons (Fsp3) is 0.346. The van der Waals surface area contributed by atoms with Crippen molar-refractivity contribution in [2.24, 2.45) is 0 Å². The summed E-state index contributed by atoms with van der Waals surface area (Å²) in [7, 11) is 0. The van der Waals surface area contributed by atoms with Crippen LogP contribution in [-0.4, -0.2) is 57.7 Å². The number of oxazole rings is 1. The molecule has 1 saturated heterocycles. The lowest BCUT2D eigenvalue weighted by Gasteiger charge is -2.33. The zero-order chi connectivity index (χ0) is 27.4. The first kappa shape index (κ1) is 27.9. The van der Waals surface area contributed by atoms with Gasteiger partial charge in [0.1, 0.15) is 6.26 Å². The van der Waals surface area contributed by atoms with Gasteiger partial charge in [0, 0.05) is 56.2 Å². The maximum Gasteiger partial charge on any atom is 0.416 e. The van der Waals surface area contributed by atoms with Crippen molar-refractivity contribution in [1.82, 2.24) is 19.7 Å². The lowest BCUT2D eigenvalue weighted by atomic mass is 10.1.